The number of rotatable bonds is 6. The number of aryl methyl sites for hydroxylation is 1. The topological polar surface area (TPSA) is 59.4 Å². The summed E-state index contributed by atoms with van der Waals surface area (Å²) in [6.07, 6.45) is 2.26. The van der Waals surface area contributed by atoms with E-state index in [9.17, 15) is 4.79 Å². The van der Waals surface area contributed by atoms with Crippen LogP contribution < -0.4 is 4.74 Å². The minimum Gasteiger partial charge on any atom is -0.481 e. The first-order chi connectivity index (χ1) is 9.24. The van der Waals surface area contributed by atoms with Crippen LogP contribution in [0, 0.1) is 0 Å². The van der Waals surface area contributed by atoms with Crippen molar-refractivity contribution in [2.45, 2.75) is 19.4 Å². The molecule has 0 bridgehead atoms. The maximum Gasteiger partial charge on any atom is 0.303 e. The van der Waals surface area contributed by atoms with E-state index in [1.165, 1.54) is 0 Å². The summed E-state index contributed by atoms with van der Waals surface area (Å²) in [5, 5.41) is 8.59. The molecule has 0 unspecified atom stereocenters. The third-order valence-electron chi connectivity index (χ3n) is 2.65. The van der Waals surface area contributed by atoms with Crippen LogP contribution in [-0.4, -0.2) is 16.1 Å². The summed E-state index contributed by atoms with van der Waals surface area (Å²) in [6.45, 7) is 0.475. The highest BCUT2D eigenvalue weighted by molar-refractivity contribution is 5.67. The predicted molar refractivity (Wildman–Crippen MR) is 71.0 cm³/mol. The van der Waals surface area contributed by atoms with Gasteiger partial charge >= 0.3 is 5.97 Å². The van der Waals surface area contributed by atoms with Gasteiger partial charge in [-0.15, -0.1) is 0 Å². The van der Waals surface area contributed by atoms with E-state index >= 15 is 0 Å². The van der Waals surface area contributed by atoms with Gasteiger partial charge in [-0.05, 0) is 17.5 Å². The molecule has 19 heavy (non-hydrogen) atoms. The van der Waals surface area contributed by atoms with Crippen molar-refractivity contribution >= 4 is 5.97 Å². The molecule has 98 valence electrons. The molecule has 0 aliphatic heterocycles. The lowest BCUT2D eigenvalue weighted by molar-refractivity contribution is -0.136. The van der Waals surface area contributed by atoms with Gasteiger partial charge in [0.2, 0.25) is 5.88 Å². The number of carboxylic acid groups (broad SMARTS) is 1. The van der Waals surface area contributed by atoms with E-state index in [0.29, 0.717) is 18.9 Å². The molecule has 0 saturated heterocycles. The van der Waals surface area contributed by atoms with Crippen molar-refractivity contribution in [2.75, 3.05) is 0 Å². The summed E-state index contributed by atoms with van der Waals surface area (Å²) < 4.78 is 5.55. The highest BCUT2D eigenvalue weighted by atomic mass is 16.5. The van der Waals surface area contributed by atoms with Crippen LogP contribution in [0.4, 0.5) is 0 Å². The minimum absolute atomic E-state index is 0.117. The van der Waals surface area contributed by atoms with Gasteiger partial charge in [0.15, 0.2) is 0 Å². The average molecular weight is 257 g/mol. The first-order valence-electron chi connectivity index (χ1n) is 6.07. The molecule has 4 heteroatoms. The van der Waals surface area contributed by atoms with Gasteiger partial charge in [-0.25, -0.2) is 4.98 Å². The quantitative estimate of drug-likeness (QED) is 0.864. The summed E-state index contributed by atoms with van der Waals surface area (Å²) in [4.78, 5) is 14.6. The molecule has 1 aromatic carbocycles. The van der Waals surface area contributed by atoms with Crippen molar-refractivity contribution in [3.8, 4) is 5.88 Å². The van der Waals surface area contributed by atoms with Gasteiger partial charge < -0.3 is 9.84 Å². The maximum atomic E-state index is 10.5. The first kappa shape index (κ1) is 13.1. The minimum atomic E-state index is -0.801. The molecule has 0 spiro atoms. The summed E-state index contributed by atoms with van der Waals surface area (Å²) in [6, 6.07) is 13.5. The Hall–Kier alpha value is -2.36. The molecule has 4 nitrogen and oxygen atoms in total. The molecule has 2 aromatic rings. The average Bonchev–Trinajstić information content (AvgIpc) is 2.45. The molecule has 1 heterocycles. The van der Waals surface area contributed by atoms with E-state index in [2.05, 4.69) is 4.98 Å². The lowest BCUT2D eigenvalue weighted by Gasteiger charge is -2.06. The Morgan fingerprint density at radius 2 is 1.89 bits per heavy atom. The molecule has 0 fully saturated rings. The van der Waals surface area contributed by atoms with Gasteiger partial charge in [0.1, 0.15) is 6.61 Å². The SMILES string of the molecule is O=C(O)CCc1ccc(OCc2ccccc2)nc1. The number of carbonyl (C=O) groups is 1. The largest absolute Gasteiger partial charge is 0.481 e. The second kappa shape index (κ2) is 6.54. The monoisotopic (exact) mass is 257 g/mol. The van der Waals surface area contributed by atoms with Gasteiger partial charge in [-0.1, -0.05) is 36.4 Å². The smallest absolute Gasteiger partial charge is 0.303 e. The molecule has 0 saturated carbocycles. The number of nitrogens with zero attached hydrogens (tertiary/aromatic N) is 1. The number of pyridine rings is 1. The lowest BCUT2D eigenvalue weighted by atomic mass is 10.1. The number of hydrogen-bond donors (Lipinski definition) is 1. The highest BCUT2D eigenvalue weighted by Gasteiger charge is 2.01. The third-order valence-corrected chi connectivity index (χ3v) is 2.65. The van der Waals surface area contributed by atoms with Crippen molar-refractivity contribution in [2.24, 2.45) is 0 Å². The number of carboxylic acids is 1. The van der Waals surface area contributed by atoms with Crippen molar-refractivity contribution in [1.82, 2.24) is 4.98 Å². The maximum absolute atomic E-state index is 10.5. The van der Waals surface area contributed by atoms with Gasteiger partial charge in [-0.3, -0.25) is 4.79 Å². The number of ether oxygens (including phenoxy) is 1. The van der Waals surface area contributed by atoms with Crippen LogP contribution in [0.25, 0.3) is 0 Å². The van der Waals surface area contributed by atoms with Gasteiger partial charge in [0.25, 0.3) is 0 Å². The van der Waals surface area contributed by atoms with E-state index in [4.69, 9.17) is 9.84 Å². The predicted octanol–water partition coefficient (Wildman–Crippen LogP) is 2.68. The summed E-state index contributed by atoms with van der Waals surface area (Å²) in [7, 11) is 0. The van der Waals surface area contributed by atoms with Gasteiger partial charge in [0.05, 0.1) is 0 Å². The second-order valence-electron chi connectivity index (χ2n) is 4.17. The number of aromatic nitrogens is 1. The summed E-state index contributed by atoms with van der Waals surface area (Å²) in [5.41, 5.74) is 1.98. The molecule has 0 aliphatic carbocycles. The molecule has 1 aromatic heterocycles. The van der Waals surface area contributed by atoms with E-state index in [1.54, 1.807) is 12.3 Å². The molecule has 0 atom stereocenters. The molecular weight excluding hydrogens is 242 g/mol. The standard InChI is InChI=1S/C15H15NO3/c17-15(18)9-7-12-6-8-14(16-10-12)19-11-13-4-2-1-3-5-13/h1-6,8,10H,7,9,11H2,(H,17,18). The van der Waals surface area contributed by atoms with Gasteiger partial charge in [0, 0.05) is 18.7 Å². The zero-order valence-electron chi connectivity index (χ0n) is 10.5. The van der Waals surface area contributed by atoms with Crippen molar-refractivity contribution in [3.63, 3.8) is 0 Å². The Balaban J connectivity index is 1.86. The first-order valence-corrected chi connectivity index (χ1v) is 6.07. The number of benzene rings is 1. The normalized spacial score (nSPS) is 10.1. The fourth-order valence-corrected chi connectivity index (χ4v) is 1.63. The Morgan fingerprint density at radius 1 is 1.11 bits per heavy atom. The Morgan fingerprint density at radius 3 is 2.53 bits per heavy atom. The Bertz CT molecular complexity index is 523. The van der Waals surface area contributed by atoms with Crippen LogP contribution in [0.2, 0.25) is 0 Å². The molecular formula is C15H15NO3. The fraction of sp³-hybridized carbons (Fsp3) is 0.200. The Kier molecular flexibility index (Phi) is 4.50. The van der Waals surface area contributed by atoms with Crippen LogP contribution >= 0.6 is 0 Å². The van der Waals surface area contributed by atoms with Crippen LogP contribution in [-0.2, 0) is 17.8 Å². The van der Waals surface area contributed by atoms with E-state index in [1.807, 2.05) is 36.4 Å². The lowest BCUT2D eigenvalue weighted by Crippen LogP contribution is -1.99. The van der Waals surface area contributed by atoms with Crippen molar-refractivity contribution in [3.05, 3.63) is 59.8 Å². The molecule has 0 aliphatic rings. The molecule has 0 radical (unpaired) electrons. The molecule has 2 rings (SSSR count). The zero-order valence-corrected chi connectivity index (χ0v) is 10.5. The third kappa shape index (κ3) is 4.43. The van der Waals surface area contributed by atoms with Crippen LogP contribution in [0.3, 0.4) is 0 Å². The molecule has 1 N–H and O–H groups in total. The van der Waals surface area contributed by atoms with Crippen molar-refractivity contribution in [1.29, 1.82) is 0 Å². The van der Waals surface area contributed by atoms with E-state index < -0.39 is 5.97 Å². The fourth-order valence-electron chi connectivity index (χ4n) is 1.63. The Labute approximate surface area is 111 Å². The van der Waals surface area contributed by atoms with Crippen LogP contribution in [0.5, 0.6) is 5.88 Å². The summed E-state index contributed by atoms with van der Waals surface area (Å²) in [5.74, 6) is -0.257. The summed E-state index contributed by atoms with van der Waals surface area (Å²) >= 11 is 0. The van der Waals surface area contributed by atoms with Crippen LogP contribution in [0.1, 0.15) is 17.5 Å². The highest BCUT2D eigenvalue weighted by Crippen LogP contribution is 2.11. The number of aliphatic carboxylic acids is 1. The molecule has 0 amide bonds. The van der Waals surface area contributed by atoms with Crippen LogP contribution in [0.15, 0.2) is 48.7 Å². The zero-order chi connectivity index (χ0) is 13.5. The van der Waals surface area contributed by atoms with Gasteiger partial charge in [-0.2, -0.15) is 0 Å². The van der Waals surface area contributed by atoms with E-state index in [0.717, 1.165) is 11.1 Å². The van der Waals surface area contributed by atoms with Crippen molar-refractivity contribution < 1.29 is 14.6 Å². The van der Waals surface area contributed by atoms with E-state index in [-0.39, 0.29) is 6.42 Å². The second-order valence-corrected chi connectivity index (χ2v) is 4.17. The number of hydrogen-bond acceptors (Lipinski definition) is 3.